The zero-order valence-corrected chi connectivity index (χ0v) is 11.6. The molecule has 2 aliphatic rings. The molecule has 0 aromatic heterocycles. The minimum absolute atomic E-state index is 0.141. The van der Waals surface area contributed by atoms with Gasteiger partial charge in [0.05, 0.1) is 6.42 Å². The van der Waals surface area contributed by atoms with E-state index in [0.29, 0.717) is 6.42 Å². The summed E-state index contributed by atoms with van der Waals surface area (Å²) < 4.78 is 27.5. The zero-order valence-electron chi connectivity index (χ0n) is 10.0. The minimum atomic E-state index is -3.64. The number of carbonyl (C=O) groups excluding carboxylic acids is 1. The molecule has 0 aromatic rings. The molecule has 1 spiro atoms. The second-order valence-electron chi connectivity index (χ2n) is 6.06. The Bertz CT molecular complexity index is 442. The number of hydrogen-bond donors (Lipinski definition) is 0. The lowest BCUT2D eigenvalue weighted by atomic mass is 9.77. The Morgan fingerprint density at radius 3 is 2.53 bits per heavy atom. The van der Waals surface area contributed by atoms with Gasteiger partial charge in [-0.15, -0.1) is 0 Å². The van der Waals surface area contributed by atoms with E-state index in [-0.39, 0.29) is 22.6 Å². The van der Waals surface area contributed by atoms with Crippen LogP contribution in [0.4, 0.5) is 0 Å². The van der Waals surface area contributed by atoms with Crippen LogP contribution in [0, 0.1) is 10.8 Å². The second kappa shape index (κ2) is 3.85. The number of ether oxygens (including phenoxy) is 1. The quantitative estimate of drug-likeness (QED) is 0.574. The fraction of sp³-hybridized carbons (Fsp3) is 0.909. The molecule has 1 heterocycles. The predicted octanol–water partition coefficient (Wildman–Crippen LogP) is 2.07. The molecule has 2 fully saturated rings. The highest BCUT2D eigenvalue weighted by atomic mass is 35.7. The highest BCUT2D eigenvalue weighted by Crippen LogP contribution is 2.56. The van der Waals surface area contributed by atoms with Gasteiger partial charge >= 0.3 is 5.97 Å². The summed E-state index contributed by atoms with van der Waals surface area (Å²) in [7, 11) is 1.64. The van der Waals surface area contributed by atoms with Crippen LogP contribution in [0.2, 0.25) is 0 Å². The van der Waals surface area contributed by atoms with E-state index < -0.39 is 15.2 Å². The summed E-state index contributed by atoms with van der Waals surface area (Å²) in [5, 5.41) is 0. The van der Waals surface area contributed by atoms with Crippen LogP contribution >= 0.6 is 10.7 Å². The Morgan fingerprint density at radius 2 is 2.06 bits per heavy atom. The molecule has 0 bridgehead atoms. The molecule has 1 saturated carbocycles. The lowest BCUT2D eigenvalue weighted by Crippen LogP contribution is -2.34. The topological polar surface area (TPSA) is 60.4 Å². The molecule has 1 aliphatic carbocycles. The van der Waals surface area contributed by atoms with Crippen molar-refractivity contribution in [2.75, 3.05) is 5.75 Å². The number of esters is 1. The number of rotatable bonds is 2. The van der Waals surface area contributed by atoms with Gasteiger partial charge in [-0.25, -0.2) is 8.42 Å². The Balaban J connectivity index is 2.23. The van der Waals surface area contributed by atoms with Crippen molar-refractivity contribution >= 4 is 25.7 Å². The van der Waals surface area contributed by atoms with Crippen LogP contribution < -0.4 is 0 Å². The first-order valence-electron chi connectivity index (χ1n) is 5.74. The second-order valence-corrected chi connectivity index (χ2v) is 8.89. The molecule has 0 N–H and O–H groups in total. The third kappa shape index (κ3) is 2.76. The van der Waals surface area contributed by atoms with Crippen molar-refractivity contribution < 1.29 is 17.9 Å². The van der Waals surface area contributed by atoms with Gasteiger partial charge in [0.15, 0.2) is 0 Å². The predicted molar refractivity (Wildman–Crippen MR) is 64.2 cm³/mol. The summed E-state index contributed by atoms with van der Waals surface area (Å²) in [4.78, 5) is 11.5. The van der Waals surface area contributed by atoms with Gasteiger partial charge in [0.2, 0.25) is 9.05 Å². The minimum Gasteiger partial charge on any atom is -0.461 e. The van der Waals surface area contributed by atoms with Crippen molar-refractivity contribution in [3.8, 4) is 0 Å². The molecule has 98 valence electrons. The molecule has 2 atom stereocenters. The monoisotopic (exact) mass is 280 g/mol. The molecule has 2 unspecified atom stereocenters. The molecule has 6 heteroatoms. The average molecular weight is 281 g/mol. The number of cyclic esters (lactones) is 1. The third-order valence-corrected chi connectivity index (χ3v) is 5.01. The first-order chi connectivity index (χ1) is 7.62. The Morgan fingerprint density at radius 1 is 1.41 bits per heavy atom. The molecular formula is C11H17ClO4S. The maximum Gasteiger partial charge on any atom is 0.306 e. The van der Waals surface area contributed by atoms with Crippen LogP contribution in [0.5, 0.6) is 0 Å². The van der Waals surface area contributed by atoms with Gasteiger partial charge < -0.3 is 4.74 Å². The summed E-state index contributed by atoms with van der Waals surface area (Å²) in [6.07, 6.45) is 2.40. The summed E-state index contributed by atoms with van der Waals surface area (Å²) in [5.74, 6) is -0.566. The number of halogens is 1. The maximum absolute atomic E-state index is 11.5. The van der Waals surface area contributed by atoms with Gasteiger partial charge in [-0.05, 0) is 24.7 Å². The Kier molecular flexibility index (Phi) is 2.98. The maximum atomic E-state index is 11.5. The lowest BCUT2D eigenvalue weighted by molar-refractivity contribution is -0.140. The van der Waals surface area contributed by atoms with Gasteiger partial charge in [0.25, 0.3) is 0 Å². The molecule has 0 amide bonds. The van der Waals surface area contributed by atoms with Crippen LogP contribution in [0.1, 0.15) is 39.5 Å². The third-order valence-electron chi connectivity index (χ3n) is 3.93. The van der Waals surface area contributed by atoms with Gasteiger partial charge in [-0.2, -0.15) is 0 Å². The van der Waals surface area contributed by atoms with Gasteiger partial charge in [-0.3, -0.25) is 4.79 Å². The van der Waals surface area contributed by atoms with Gasteiger partial charge in [-0.1, -0.05) is 13.8 Å². The van der Waals surface area contributed by atoms with Crippen molar-refractivity contribution in [1.82, 2.24) is 0 Å². The van der Waals surface area contributed by atoms with E-state index in [9.17, 15) is 13.2 Å². The molecule has 4 nitrogen and oxygen atoms in total. The fourth-order valence-corrected chi connectivity index (χ4v) is 4.39. The van der Waals surface area contributed by atoms with Crippen LogP contribution in [-0.4, -0.2) is 26.2 Å². The van der Waals surface area contributed by atoms with E-state index in [1.165, 1.54) is 0 Å². The normalized spacial score (nSPS) is 36.4. The van der Waals surface area contributed by atoms with Crippen molar-refractivity contribution in [2.24, 2.45) is 10.8 Å². The number of hydrogen-bond acceptors (Lipinski definition) is 4. The first kappa shape index (κ1) is 13.1. The molecule has 17 heavy (non-hydrogen) atoms. The molecule has 2 rings (SSSR count). The highest BCUT2D eigenvalue weighted by Gasteiger charge is 2.55. The van der Waals surface area contributed by atoms with Gasteiger partial charge in [0, 0.05) is 16.1 Å². The average Bonchev–Trinajstić information content (AvgIpc) is 2.52. The van der Waals surface area contributed by atoms with E-state index in [2.05, 4.69) is 13.8 Å². The molecule has 1 aliphatic heterocycles. The SMILES string of the molecule is CC1(C)CCC2(CC(=O)OC2CS(=O)(=O)Cl)C1. The van der Waals surface area contributed by atoms with Crippen LogP contribution in [-0.2, 0) is 18.6 Å². The zero-order chi connectivity index (χ0) is 12.9. The Labute approximate surface area is 106 Å². The van der Waals surface area contributed by atoms with Crippen molar-refractivity contribution in [3.05, 3.63) is 0 Å². The lowest BCUT2D eigenvalue weighted by Gasteiger charge is -2.29. The van der Waals surface area contributed by atoms with Crippen LogP contribution in [0.25, 0.3) is 0 Å². The fourth-order valence-electron chi connectivity index (χ4n) is 3.26. The summed E-state index contributed by atoms with van der Waals surface area (Å²) in [6.45, 7) is 4.27. The largest absolute Gasteiger partial charge is 0.461 e. The molecule has 0 aromatic carbocycles. The van der Waals surface area contributed by atoms with E-state index in [1.807, 2.05) is 0 Å². The van der Waals surface area contributed by atoms with Gasteiger partial charge in [0.1, 0.15) is 11.9 Å². The molecule has 1 saturated heterocycles. The van der Waals surface area contributed by atoms with Crippen molar-refractivity contribution in [1.29, 1.82) is 0 Å². The van der Waals surface area contributed by atoms with Crippen LogP contribution in [0.3, 0.4) is 0 Å². The smallest absolute Gasteiger partial charge is 0.306 e. The highest BCUT2D eigenvalue weighted by molar-refractivity contribution is 8.13. The molecule has 0 radical (unpaired) electrons. The van der Waals surface area contributed by atoms with E-state index in [1.54, 1.807) is 0 Å². The van der Waals surface area contributed by atoms with Crippen LogP contribution in [0.15, 0.2) is 0 Å². The van der Waals surface area contributed by atoms with Crippen molar-refractivity contribution in [3.63, 3.8) is 0 Å². The first-order valence-corrected chi connectivity index (χ1v) is 8.22. The van der Waals surface area contributed by atoms with Crippen molar-refractivity contribution in [2.45, 2.75) is 45.6 Å². The van der Waals surface area contributed by atoms with E-state index in [0.717, 1.165) is 19.3 Å². The Hall–Kier alpha value is -0.290. The summed E-state index contributed by atoms with van der Waals surface area (Å²) >= 11 is 0. The summed E-state index contributed by atoms with van der Waals surface area (Å²) in [6, 6.07) is 0. The molecular weight excluding hydrogens is 264 g/mol. The summed E-state index contributed by atoms with van der Waals surface area (Å²) in [5.41, 5.74) is -0.176. The standard InChI is InChI=1S/C11H17ClO4S/c1-10(2)3-4-11(7-10)5-9(13)16-8(11)6-17(12,14)15/h8H,3-7H2,1-2H3. The van der Waals surface area contributed by atoms with E-state index in [4.69, 9.17) is 15.4 Å². The number of carbonyl (C=O) groups is 1. The van der Waals surface area contributed by atoms with E-state index >= 15 is 0 Å².